The molecule has 0 aliphatic rings. The molecule has 0 aliphatic carbocycles. The Morgan fingerprint density at radius 1 is 1.21 bits per heavy atom. The van der Waals surface area contributed by atoms with Crippen molar-refractivity contribution in [2.45, 2.75) is 33.1 Å². The Morgan fingerprint density at radius 3 is 2.57 bits per heavy atom. The van der Waals surface area contributed by atoms with E-state index in [9.17, 15) is 0 Å². The topological polar surface area (TPSA) is 54.5 Å². The summed E-state index contributed by atoms with van der Waals surface area (Å²) in [4.78, 5) is 16.0. The standard InChI is InChI=1S/C10H14N4/c1-6-13-8(10(2,3)4)7-9(14-6)12-5-11-7/h5H,1-4H3,(H,11,12,13,14). The number of fused-ring (bicyclic) bond motifs is 1. The number of rotatable bonds is 0. The second-order valence-electron chi connectivity index (χ2n) is 4.47. The molecule has 0 bridgehead atoms. The molecule has 4 heteroatoms. The van der Waals surface area contributed by atoms with E-state index in [-0.39, 0.29) is 5.41 Å². The van der Waals surface area contributed by atoms with Crippen LogP contribution in [0.1, 0.15) is 32.3 Å². The quantitative estimate of drug-likeness (QED) is 0.690. The summed E-state index contributed by atoms with van der Waals surface area (Å²) >= 11 is 0. The summed E-state index contributed by atoms with van der Waals surface area (Å²) in [5.41, 5.74) is 2.74. The highest BCUT2D eigenvalue weighted by atomic mass is 15.0. The van der Waals surface area contributed by atoms with Crippen LogP contribution in [-0.2, 0) is 5.41 Å². The van der Waals surface area contributed by atoms with E-state index in [0.29, 0.717) is 0 Å². The van der Waals surface area contributed by atoms with E-state index in [0.717, 1.165) is 22.7 Å². The van der Waals surface area contributed by atoms with Crippen LogP contribution in [0.25, 0.3) is 11.2 Å². The first kappa shape index (κ1) is 9.12. The van der Waals surface area contributed by atoms with E-state index in [1.54, 1.807) is 6.33 Å². The summed E-state index contributed by atoms with van der Waals surface area (Å²) in [6.45, 7) is 8.29. The minimum Gasteiger partial charge on any atom is -0.342 e. The molecule has 0 atom stereocenters. The van der Waals surface area contributed by atoms with Crippen LogP contribution in [0.2, 0.25) is 0 Å². The normalized spacial score (nSPS) is 12.3. The molecule has 0 amide bonds. The second kappa shape index (κ2) is 2.77. The highest BCUT2D eigenvalue weighted by Crippen LogP contribution is 2.25. The Labute approximate surface area is 82.8 Å². The third-order valence-electron chi connectivity index (χ3n) is 2.11. The molecule has 2 rings (SSSR count). The number of aromatic amines is 1. The molecule has 0 unspecified atom stereocenters. The lowest BCUT2D eigenvalue weighted by molar-refractivity contribution is 0.570. The van der Waals surface area contributed by atoms with Gasteiger partial charge in [0, 0.05) is 5.41 Å². The van der Waals surface area contributed by atoms with Gasteiger partial charge in [-0.3, -0.25) is 0 Å². The van der Waals surface area contributed by atoms with Gasteiger partial charge >= 0.3 is 0 Å². The Hall–Kier alpha value is -1.45. The van der Waals surface area contributed by atoms with Crippen molar-refractivity contribution in [1.82, 2.24) is 19.9 Å². The molecule has 0 aliphatic heterocycles. The first-order valence-electron chi connectivity index (χ1n) is 4.66. The summed E-state index contributed by atoms with van der Waals surface area (Å²) in [6.07, 6.45) is 1.66. The van der Waals surface area contributed by atoms with Crippen molar-refractivity contribution in [3.05, 3.63) is 17.8 Å². The van der Waals surface area contributed by atoms with Gasteiger partial charge in [0.25, 0.3) is 0 Å². The monoisotopic (exact) mass is 190 g/mol. The largest absolute Gasteiger partial charge is 0.342 e. The Morgan fingerprint density at radius 2 is 1.93 bits per heavy atom. The van der Waals surface area contributed by atoms with Gasteiger partial charge in [0.15, 0.2) is 5.65 Å². The lowest BCUT2D eigenvalue weighted by atomic mass is 9.91. The lowest BCUT2D eigenvalue weighted by Gasteiger charge is -2.18. The smallest absolute Gasteiger partial charge is 0.181 e. The molecule has 0 radical (unpaired) electrons. The van der Waals surface area contributed by atoms with Crippen molar-refractivity contribution in [1.29, 1.82) is 0 Å². The van der Waals surface area contributed by atoms with E-state index >= 15 is 0 Å². The van der Waals surface area contributed by atoms with Crippen LogP contribution in [0.15, 0.2) is 6.33 Å². The van der Waals surface area contributed by atoms with Crippen LogP contribution in [0.5, 0.6) is 0 Å². The van der Waals surface area contributed by atoms with Crippen molar-refractivity contribution in [2.24, 2.45) is 0 Å². The molecule has 0 spiro atoms. The lowest BCUT2D eigenvalue weighted by Crippen LogP contribution is -2.15. The maximum absolute atomic E-state index is 4.46. The number of aromatic nitrogens is 4. The molecular formula is C10H14N4. The zero-order valence-corrected chi connectivity index (χ0v) is 8.92. The van der Waals surface area contributed by atoms with Crippen molar-refractivity contribution < 1.29 is 0 Å². The van der Waals surface area contributed by atoms with E-state index in [4.69, 9.17) is 0 Å². The Bertz CT molecular complexity index is 464. The SMILES string of the molecule is Cc1nc(C(C)(C)C)c2[nH]cnc2n1. The molecule has 0 fully saturated rings. The van der Waals surface area contributed by atoms with Crippen molar-refractivity contribution >= 4 is 11.2 Å². The predicted octanol–water partition coefficient (Wildman–Crippen LogP) is 1.96. The summed E-state index contributed by atoms with van der Waals surface area (Å²) in [7, 11) is 0. The summed E-state index contributed by atoms with van der Waals surface area (Å²) in [5, 5.41) is 0. The van der Waals surface area contributed by atoms with E-state index < -0.39 is 0 Å². The minimum atomic E-state index is 0.0124. The number of aryl methyl sites for hydroxylation is 1. The summed E-state index contributed by atoms with van der Waals surface area (Å²) in [5.74, 6) is 0.773. The molecule has 74 valence electrons. The fraction of sp³-hybridized carbons (Fsp3) is 0.500. The fourth-order valence-electron chi connectivity index (χ4n) is 1.48. The Kier molecular flexibility index (Phi) is 1.80. The van der Waals surface area contributed by atoms with Crippen LogP contribution < -0.4 is 0 Å². The van der Waals surface area contributed by atoms with Crippen LogP contribution >= 0.6 is 0 Å². The van der Waals surface area contributed by atoms with Crippen LogP contribution in [0, 0.1) is 6.92 Å². The number of nitrogens with one attached hydrogen (secondary N) is 1. The molecule has 4 nitrogen and oxygen atoms in total. The van der Waals surface area contributed by atoms with Crippen molar-refractivity contribution in [2.75, 3.05) is 0 Å². The zero-order valence-electron chi connectivity index (χ0n) is 8.92. The second-order valence-corrected chi connectivity index (χ2v) is 4.47. The van der Waals surface area contributed by atoms with Gasteiger partial charge in [-0.2, -0.15) is 0 Å². The maximum atomic E-state index is 4.46. The molecule has 0 saturated carbocycles. The summed E-state index contributed by atoms with van der Waals surface area (Å²) < 4.78 is 0. The highest BCUT2D eigenvalue weighted by molar-refractivity contribution is 5.73. The molecule has 1 N–H and O–H groups in total. The molecule has 2 heterocycles. The van der Waals surface area contributed by atoms with Gasteiger partial charge in [-0.05, 0) is 6.92 Å². The van der Waals surface area contributed by atoms with Gasteiger partial charge < -0.3 is 4.98 Å². The van der Waals surface area contributed by atoms with E-state index in [2.05, 4.69) is 40.7 Å². The first-order chi connectivity index (χ1) is 6.48. The van der Waals surface area contributed by atoms with E-state index in [1.165, 1.54) is 0 Å². The Balaban J connectivity index is 2.80. The van der Waals surface area contributed by atoms with Gasteiger partial charge in [0.1, 0.15) is 11.3 Å². The van der Waals surface area contributed by atoms with Crippen LogP contribution in [0.4, 0.5) is 0 Å². The van der Waals surface area contributed by atoms with Gasteiger partial charge in [0.05, 0.1) is 12.0 Å². The average Bonchev–Trinajstić information content (AvgIpc) is 2.47. The van der Waals surface area contributed by atoms with Crippen molar-refractivity contribution in [3.8, 4) is 0 Å². The molecular weight excluding hydrogens is 176 g/mol. The van der Waals surface area contributed by atoms with E-state index in [1.807, 2.05) is 6.92 Å². The van der Waals surface area contributed by atoms with Gasteiger partial charge in [-0.1, -0.05) is 20.8 Å². The summed E-state index contributed by atoms with van der Waals surface area (Å²) in [6, 6.07) is 0. The van der Waals surface area contributed by atoms with Gasteiger partial charge in [-0.25, -0.2) is 15.0 Å². The van der Waals surface area contributed by atoms with Gasteiger partial charge in [0.2, 0.25) is 0 Å². The van der Waals surface area contributed by atoms with Crippen LogP contribution in [-0.4, -0.2) is 19.9 Å². The molecule has 0 saturated heterocycles. The maximum Gasteiger partial charge on any atom is 0.181 e. The third kappa shape index (κ3) is 1.36. The minimum absolute atomic E-state index is 0.0124. The molecule has 0 aromatic carbocycles. The van der Waals surface area contributed by atoms with Crippen molar-refractivity contribution in [3.63, 3.8) is 0 Å². The average molecular weight is 190 g/mol. The number of hydrogen-bond acceptors (Lipinski definition) is 3. The fourth-order valence-corrected chi connectivity index (χ4v) is 1.48. The van der Waals surface area contributed by atoms with Crippen LogP contribution in [0.3, 0.4) is 0 Å². The molecule has 2 aromatic heterocycles. The number of nitrogens with zero attached hydrogens (tertiary/aromatic N) is 3. The first-order valence-corrected chi connectivity index (χ1v) is 4.66. The molecule has 2 aromatic rings. The molecule has 14 heavy (non-hydrogen) atoms. The number of imidazole rings is 1. The zero-order chi connectivity index (χ0) is 10.3. The third-order valence-corrected chi connectivity index (χ3v) is 2.11. The number of H-pyrrole nitrogens is 1. The highest BCUT2D eigenvalue weighted by Gasteiger charge is 2.20. The predicted molar refractivity (Wildman–Crippen MR) is 55.1 cm³/mol. The number of hydrogen-bond donors (Lipinski definition) is 1. The van der Waals surface area contributed by atoms with Gasteiger partial charge in [-0.15, -0.1) is 0 Å².